The Morgan fingerprint density at radius 3 is 2.67 bits per heavy atom. The minimum Gasteiger partial charge on any atom is -0.477 e. The van der Waals surface area contributed by atoms with Crippen LogP contribution in [0.5, 0.6) is 0 Å². The van der Waals surface area contributed by atoms with Crippen molar-refractivity contribution in [3.63, 3.8) is 0 Å². The summed E-state index contributed by atoms with van der Waals surface area (Å²) in [5.74, 6) is -0.847. The molecule has 0 atom stereocenters. The Hall–Kier alpha value is -2.35. The maximum absolute atomic E-state index is 11.9. The molecular weight excluding hydrogens is 292 g/mol. The average molecular weight is 308 g/mol. The number of hydrogen-bond donors (Lipinski definition) is 4. The molecule has 0 aliphatic heterocycles. The van der Waals surface area contributed by atoms with Gasteiger partial charge in [-0.3, -0.25) is 5.32 Å². The monoisotopic (exact) mass is 308 g/mol. The topological polar surface area (TPSA) is 107 Å². The van der Waals surface area contributed by atoms with Gasteiger partial charge in [0.25, 0.3) is 0 Å². The van der Waals surface area contributed by atoms with E-state index >= 15 is 0 Å². The van der Waals surface area contributed by atoms with Gasteiger partial charge in [0.15, 0.2) is 5.13 Å². The number of hydrogen-bond acceptors (Lipinski definition) is 4. The molecule has 112 valence electrons. The SMILES string of the molecule is Cc1cc(NC(=O)Nc2nc(C(C)C)cs2)c(C(=O)O)[nH]1. The number of aryl methyl sites for hydroxylation is 1. The Balaban J connectivity index is 2.06. The van der Waals surface area contributed by atoms with Crippen LogP contribution in [0.3, 0.4) is 0 Å². The van der Waals surface area contributed by atoms with Crippen LogP contribution in [0.2, 0.25) is 0 Å². The molecule has 0 bridgehead atoms. The first-order chi connectivity index (χ1) is 9.86. The molecule has 0 saturated heterocycles. The fraction of sp³-hybridized carbons (Fsp3) is 0.308. The largest absolute Gasteiger partial charge is 0.477 e. The van der Waals surface area contributed by atoms with Crippen molar-refractivity contribution in [2.24, 2.45) is 0 Å². The summed E-state index contributed by atoms with van der Waals surface area (Å²) in [6.45, 7) is 5.74. The number of aromatic nitrogens is 2. The lowest BCUT2D eigenvalue weighted by Crippen LogP contribution is -2.20. The summed E-state index contributed by atoms with van der Waals surface area (Å²) in [4.78, 5) is 29.9. The van der Waals surface area contributed by atoms with Crippen molar-refractivity contribution < 1.29 is 14.7 Å². The first kappa shape index (κ1) is 15.0. The molecule has 2 aromatic heterocycles. The number of urea groups is 1. The number of rotatable bonds is 4. The van der Waals surface area contributed by atoms with E-state index < -0.39 is 12.0 Å². The number of aromatic carboxylic acids is 1. The van der Waals surface area contributed by atoms with Gasteiger partial charge >= 0.3 is 12.0 Å². The number of amides is 2. The predicted molar refractivity (Wildman–Crippen MR) is 81.3 cm³/mol. The molecule has 7 nitrogen and oxygen atoms in total. The van der Waals surface area contributed by atoms with E-state index in [1.54, 1.807) is 13.0 Å². The Kier molecular flexibility index (Phi) is 4.27. The first-order valence-electron chi connectivity index (χ1n) is 6.33. The molecule has 8 heteroatoms. The molecule has 0 spiro atoms. The van der Waals surface area contributed by atoms with Crippen molar-refractivity contribution in [2.75, 3.05) is 10.6 Å². The van der Waals surface area contributed by atoms with Crippen LogP contribution in [0.25, 0.3) is 0 Å². The number of H-pyrrole nitrogens is 1. The highest BCUT2D eigenvalue weighted by atomic mass is 32.1. The number of anilines is 2. The number of carboxylic acid groups (broad SMARTS) is 1. The highest BCUT2D eigenvalue weighted by Crippen LogP contribution is 2.22. The van der Waals surface area contributed by atoms with Crippen LogP contribution in [0.15, 0.2) is 11.4 Å². The summed E-state index contributed by atoms with van der Waals surface area (Å²) in [5.41, 5.74) is 1.72. The van der Waals surface area contributed by atoms with E-state index in [4.69, 9.17) is 5.11 Å². The first-order valence-corrected chi connectivity index (χ1v) is 7.21. The van der Waals surface area contributed by atoms with Crippen molar-refractivity contribution >= 4 is 34.2 Å². The second-order valence-electron chi connectivity index (χ2n) is 4.86. The molecule has 2 amide bonds. The molecule has 2 aromatic rings. The lowest BCUT2D eigenvalue weighted by molar-refractivity contribution is 0.0692. The van der Waals surface area contributed by atoms with Crippen LogP contribution in [0.1, 0.15) is 41.6 Å². The minimum absolute atomic E-state index is 0.0512. The average Bonchev–Trinajstić information content (AvgIpc) is 2.96. The van der Waals surface area contributed by atoms with Crippen LogP contribution in [0.4, 0.5) is 15.6 Å². The summed E-state index contributed by atoms with van der Waals surface area (Å²) in [6.07, 6.45) is 0. The van der Waals surface area contributed by atoms with Crippen molar-refractivity contribution in [1.82, 2.24) is 9.97 Å². The summed E-state index contributed by atoms with van der Waals surface area (Å²) in [6, 6.07) is 1.03. The van der Waals surface area contributed by atoms with Crippen LogP contribution in [0, 0.1) is 6.92 Å². The second kappa shape index (κ2) is 5.96. The number of carboxylic acids is 1. The number of carbonyl (C=O) groups is 2. The van der Waals surface area contributed by atoms with Gasteiger partial charge in [0.2, 0.25) is 0 Å². The lowest BCUT2D eigenvalue weighted by atomic mass is 10.2. The molecule has 0 saturated carbocycles. The molecular formula is C13H16N4O3S. The summed E-state index contributed by atoms with van der Waals surface area (Å²) >= 11 is 1.33. The van der Waals surface area contributed by atoms with Gasteiger partial charge in [-0.2, -0.15) is 0 Å². The van der Waals surface area contributed by atoms with Crippen LogP contribution in [-0.4, -0.2) is 27.1 Å². The van der Waals surface area contributed by atoms with E-state index in [1.807, 2.05) is 19.2 Å². The zero-order chi connectivity index (χ0) is 15.6. The molecule has 0 radical (unpaired) electrons. The lowest BCUT2D eigenvalue weighted by Gasteiger charge is -2.04. The normalized spacial score (nSPS) is 10.7. The standard InChI is InChI=1S/C13H16N4O3S/c1-6(2)9-5-21-13(16-9)17-12(20)15-8-4-7(3)14-10(8)11(18)19/h4-6,14H,1-3H3,(H,18,19)(H2,15,16,17,20). The van der Waals surface area contributed by atoms with Gasteiger partial charge in [-0.05, 0) is 18.9 Å². The smallest absolute Gasteiger partial charge is 0.354 e. The van der Waals surface area contributed by atoms with Crippen molar-refractivity contribution in [3.05, 3.63) is 28.5 Å². The van der Waals surface area contributed by atoms with E-state index in [-0.39, 0.29) is 17.3 Å². The highest BCUT2D eigenvalue weighted by Gasteiger charge is 2.16. The third kappa shape index (κ3) is 3.60. The molecule has 2 rings (SSSR count). The molecule has 0 aromatic carbocycles. The zero-order valence-electron chi connectivity index (χ0n) is 11.9. The fourth-order valence-electron chi connectivity index (χ4n) is 1.72. The maximum Gasteiger partial charge on any atom is 0.354 e. The van der Waals surface area contributed by atoms with Crippen LogP contribution in [-0.2, 0) is 0 Å². The van der Waals surface area contributed by atoms with Gasteiger partial charge in [0.05, 0.1) is 11.4 Å². The Morgan fingerprint density at radius 1 is 1.38 bits per heavy atom. The maximum atomic E-state index is 11.9. The summed E-state index contributed by atoms with van der Waals surface area (Å²) < 4.78 is 0. The van der Waals surface area contributed by atoms with E-state index in [9.17, 15) is 9.59 Å². The van der Waals surface area contributed by atoms with Crippen LogP contribution < -0.4 is 10.6 Å². The van der Waals surface area contributed by atoms with Crippen molar-refractivity contribution in [3.8, 4) is 0 Å². The molecule has 2 heterocycles. The zero-order valence-corrected chi connectivity index (χ0v) is 12.7. The van der Waals surface area contributed by atoms with Gasteiger partial charge in [-0.1, -0.05) is 13.8 Å². The van der Waals surface area contributed by atoms with Gasteiger partial charge in [0, 0.05) is 11.1 Å². The summed E-state index contributed by atoms with van der Waals surface area (Å²) in [7, 11) is 0. The molecule has 4 N–H and O–H groups in total. The second-order valence-corrected chi connectivity index (χ2v) is 5.72. The molecule has 0 fully saturated rings. The Morgan fingerprint density at radius 2 is 2.10 bits per heavy atom. The van der Waals surface area contributed by atoms with Gasteiger partial charge < -0.3 is 15.4 Å². The van der Waals surface area contributed by atoms with E-state index in [1.165, 1.54) is 11.3 Å². The highest BCUT2D eigenvalue weighted by molar-refractivity contribution is 7.13. The van der Waals surface area contributed by atoms with E-state index in [0.717, 1.165) is 5.69 Å². The molecule has 0 aliphatic rings. The number of nitrogens with one attached hydrogen (secondary N) is 3. The van der Waals surface area contributed by atoms with Gasteiger partial charge in [-0.25, -0.2) is 14.6 Å². The number of carbonyl (C=O) groups excluding carboxylic acids is 1. The molecule has 21 heavy (non-hydrogen) atoms. The third-order valence-corrected chi connectivity index (χ3v) is 3.52. The van der Waals surface area contributed by atoms with E-state index in [0.29, 0.717) is 10.8 Å². The van der Waals surface area contributed by atoms with Gasteiger partial charge in [0.1, 0.15) is 5.69 Å². The predicted octanol–water partition coefficient (Wildman–Crippen LogP) is 3.25. The van der Waals surface area contributed by atoms with E-state index in [2.05, 4.69) is 20.6 Å². The summed E-state index contributed by atoms with van der Waals surface area (Å²) in [5, 5.41) is 16.5. The molecule has 0 unspecified atom stereocenters. The molecule has 0 aliphatic carbocycles. The number of thiazole rings is 1. The number of nitrogens with zero attached hydrogens (tertiary/aromatic N) is 1. The van der Waals surface area contributed by atoms with Gasteiger partial charge in [-0.15, -0.1) is 11.3 Å². The van der Waals surface area contributed by atoms with Crippen molar-refractivity contribution in [2.45, 2.75) is 26.7 Å². The fourth-order valence-corrected chi connectivity index (χ4v) is 2.58. The van der Waals surface area contributed by atoms with Crippen molar-refractivity contribution in [1.29, 1.82) is 0 Å². The Bertz CT molecular complexity index is 675. The quantitative estimate of drug-likeness (QED) is 0.695. The third-order valence-electron chi connectivity index (χ3n) is 2.75. The number of aromatic amines is 1. The minimum atomic E-state index is -1.13. The Labute approximate surface area is 125 Å². The van der Waals surface area contributed by atoms with Crippen LogP contribution >= 0.6 is 11.3 Å².